The number of nitrogens with zero attached hydrogens (tertiary/aromatic N) is 2. The van der Waals surface area contributed by atoms with Crippen LogP contribution in [0.25, 0.3) is 11.1 Å². The Hall–Kier alpha value is -3.16. The van der Waals surface area contributed by atoms with Gasteiger partial charge in [0.1, 0.15) is 17.1 Å². The SMILES string of the molecule is O=[N+]([O-])c1ccc(O)c(-c2ccccc2O)c1[N+](=O)[O-]. The van der Waals surface area contributed by atoms with Crippen molar-refractivity contribution in [3.63, 3.8) is 0 Å². The van der Waals surface area contributed by atoms with Crippen LogP contribution in [0.3, 0.4) is 0 Å². The molecule has 0 aliphatic carbocycles. The summed E-state index contributed by atoms with van der Waals surface area (Å²) in [4.78, 5) is 20.1. The van der Waals surface area contributed by atoms with Gasteiger partial charge in [-0.1, -0.05) is 18.2 Å². The van der Waals surface area contributed by atoms with Gasteiger partial charge in [0.2, 0.25) is 0 Å². The fraction of sp³-hybridized carbons (Fsp3) is 0. The highest BCUT2D eigenvalue weighted by Crippen LogP contribution is 2.45. The Bertz CT molecular complexity index is 713. The zero-order chi connectivity index (χ0) is 14.9. The maximum absolute atomic E-state index is 11.1. The third-order valence-electron chi connectivity index (χ3n) is 2.69. The fourth-order valence-corrected chi connectivity index (χ4v) is 1.85. The third kappa shape index (κ3) is 2.09. The monoisotopic (exact) mass is 276 g/mol. The van der Waals surface area contributed by atoms with Crippen molar-refractivity contribution in [1.29, 1.82) is 0 Å². The van der Waals surface area contributed by atoms with E-state index in [1.807, 2.05) is 0 Å². The smallest absolute Gasteiger partial charge is 0.357 e. The summed E-state index contributed by atoms with van der Waals surface area (Å²) in [5.74, 6) is -0.852. The molecule has 0 aliphatic rings. The number of hydrogen-bond acceptors (Lipinski definition) is 6. The Balaban J connectivity index is 2.88. The van der Waals surface area contributed by atoms with Crippen LogP contribution in [0.15, 0.2) is 36.4 Å². The molecule has 0 aliphatic heterocycles. The highest BCUT2D eigenvalue weighted by molar-refractivity contribution is 5.87. The number of nitro groups is 2. The lowest BCUT2D eigenvalue weighted by atomic mass is 10.0. The van der Waals surface area contributed by atoms with Crippen LogP contribution < -0.4 is 0 Å². The standard InChI is InChI=1S/C12H8N2O6/c15-9-4-2-1-3-7(9)11-10(16)6-5-8(13(17)18)12(11)14(19)20/h1-6,15-16H. The first-order chi connectivity index (χ1) is 9.43. The number of rotatable bonds is 3. The third-order valence-corrected chi connectivity index (χ3v) is 2.69. The summed E-state index contributed by atoms with van der Waals surface area (Å²) in [5.41, 5.74) is -2.06. The lowest BCUT2D eigenvalue weighted by Gasteiger charge is -2.07. The van der Waals surface area contributed by atoms with Crippen LogP contribution in [-0.4, -0.2) is 20.1 Å². The van der Waals surface area contributed by atoms with Gasteiger partial charge >= 0.3 is 11.4 Å². The maximum Gasteiger partial charge on any atom is 0.357 e. The van der Waals surface area contributed by atoms with Crippen molar-refractivity contribution >= 4 is 11.4 Å². The van der Waals surface area contributed by atoms with Gasteiger partial charge < -0.3 is 10.2 Å². The van der Waals surface area contributed by atoms with Crippen LogP contribution in [0.4, 0.5) is 11.4 Å². The molecule has 2 aromatic rings. The molecule has 102 valence electrons. The van der Waals surface area contributed by atoms with E-state index >= 15 is 0 Å². The molecule has 0 saturated heterocycles. The average Bonchev–Trinajstić information content (AvgIpc) is 2.38. The summed E-state index contributed by atoms with van der Waals surface area (Å²) in [6, 6.07) is 7.37. The zero-order valence-electron chi connectivity index (χ0n) is 9.89. The predicted molar refractivity (Wildman–Crippen MR) is 68.5 cm³/mol. The molecule has 2 N–H and O–H groups in total. The lowest BCUT2D eigenvalue weighted by molar-refractivity contribution is -0.422. The van der Waals surface area contributed by atoms with Crippen LogP contribution in [0.2, 0.25) is 0 Å². The van der Waals surface area contributed by atoms with E-state index in [0.717, 1.165) is 12.1 Å². The second-order valence-electron chi connectivity index (χ2n) is 3.86. The first-order valence-electron chi connectivity index (χ1n) is 5.36. The number of phenols is 2. The number of nitro benzene ring substituents is 2. The van der Waals surface area contributed by atoms with Crippen molar-refractivity contribution in [2.24, 2.45) is 0 Å². The fourth-order valence-electron chi connectivity index (χ4n) is 1.85. The first kappa shape index (κ1) is 13.3. The molecule has 0 fully saturated rings. The second-order valence-corrected chi connectivity index (χ2v) is 3.86. The summed E-state index contributed by atoms with van der Waals surface area (Å²) in [6.07, 6.45) is 0. The predicted octanol–water partition coefficient (Wildman–Crippen LogP) is 2.58. The van der Waals surface area contributed by atoms with Gasteiger partial charge in [0.25, 0.3) is 0 Å². The molecule has 0 heterocycles. The zero-order valence-corrected chi connectivity index (χ0v) is 9.89. The van der Waals surface area contributed by atoms with Crippen molar-refractivity contribution in [1.82, 2.24) is 0 Å². The summed E-state index contributed by atoms with van der Waals surface area (Å²) < 4.78 is 0. The quantitative estimate of drug-likeness (QED) is 0.655. The Labute approximate surface area is 111 Å². The van der Waals surface area contributed by atoms with Gasteiger partial charge in [-0.2, -0.15) is 0 Å². The molecule has 0 atom stereocenters. The Kier molecular flexibility index (Phi) is 3.21. The molecular formula is C12H8N2O6. The molecule has 0 radical (unpaired) electrons. The molecule has 8 heteroatoms. The maximum atomic E-state index is 11.1. The van der Waals surface area contributed by atoms with Crippen LogP contribution in [-0.2, 0) is 0 Å². The normalized spacial score (nSPS) is 10.2. The minimum absolute atomic E-state index is 0.0552. The van der Waals surface area contributed by atoms with Gasteiger partial charge in [0.05, 0.1) is 9.85 Å². The van der Waals surface area contributed by atoms with Gasteiger partial charge in [-0.05, 0) is 12.1 Å². The van der Waals surface area contributed by atoms with E-state index in [0.29, 0.717) is 0 Å². The van der Waals surface area contributed by atoms with Crippen LogP contribution in [0.5, 0.6) is 11.5 Å². The topological polar surface area (TPSA) is 127 Å². The Morgan fingerprint density at radius 3 is 2.05 bits per heavy atom. The number of hydrogen-bond donors (Lipinski definition) is 2. The number of benzene rings is 2. The van der Waals surface area contributed by atoms with E-state index in [4.69, 9.17) is 0 Å². The van der Waals surface area contributed by atoms with Crippen molar-refractivity contribution in [2.75, 3.05) is 0 Å². The summed E-state index contributed by atoms with van der Waals surface area (Å²) in [6.45, 7) is 0. The van der Waals surface area contributed by atoms with E-state index < -0.39 is 27.0 Å². The van der Waals surface area contributed by atoms with Gasteiger partial charge in [-0.25, -0.2) is 0 Å². The molecule has 2 rings (SSSR count). The van der Waals surface area contributed by atoms with Crippen LogP contribution in [0, 0.1) is 20.2 Å². The van der Waals surface area contributed by atoms with Gasteiger partial charge in [0.15, 0.2) is 0 Å². The van der Waals surface area contributed by atoms with Crippen molar-refractivity contribution in [2.45, 2.75) is 0 Å². The summed E-state index contributed by atoms with van der Waals surface area (Å²) in [7, 11) is 0. The molecule has 20 heavy (non-hydrogen) atoms. The largest absolute Gasteiger partial charge is 0.507 e. The van der Waals surface area contributed by atoms with Crippen LogP contribution in [0.1, 0.15) is 0 Å². The molecule has 0 saturated carbocycles. The number of aromatic hydroxyl groups is 2. The molecule has 0 unspecified atom stereocenters. The molecule has 0 aromatic heterocycles. The first-order valence-corrected chi connectivity index (χ1v) is 5.36. The van der Waals surface area contributed by atoms with Gasteiger partial charge in [-0.3, -0.25) is 20.2 Å². The van der Waals surface area contributed by atoms with Crippen LogP contribution >= 0.6 is 0 Å². The summed E-state index contributed by atoms with van der Waals surface area (Å²) in [5, 5.41) is 41.5. The number of para-hydroxylation sites is 1. The highest BCUT2D eigenvalue weighted by Gasteiger charge is 2.32. The molecule has 0 bridgehead atoms. The van der Waals surface area contributed by atoms with Crippen molar-refractivity contribution in [3.05, 3.63) is 56.6 Å². The van der Waals surface area contributed by atoms with E-state index in [1.165, 1.54) is 24.3 Å². The molecule has 2 aromatic carbocycles. The van der Waals surface area contributed by atoms with Crippen molar-refractivity contribution in [3.8, 4) is 22.6 Å². The minimum atomic E-state index is -0.959. The molecule has 0 amide bonds. The summed E-state index contributed by atoms with van der Waals surface area (Å²) >= 11 is 0. The molecular weight excluding hydrogens is 268 g/mol. The average molecular weight is 276 g/mol. The molecule has 8 nitrogen and oxygen atoms in total. The minimum Gasteiger partial charge on any atom is -0.507 e. The van der Waals surface area contributed by atoms with E-state index in [9.17, 15) is 30.4 Å². The Morgan fingerprint density at radius 1 is 0.850 bits per heavy atom. The Morgan fingerprint density at radius 2 is 1.50 bits per heavy atom. The van der Waals surface area contributed by atoms with E-state index in [2.05, 4.69) is 0 Å². The van der Waals surface area contributed by atoms with Crippen molar-refractivity contribution < 1.29 is 20.1 Å². The molecule has 0 spiro atoms. The van der Waals surface area contributed by atoms with Gasteiger partial charge in [0, 0.05) is 11.6 Å². The van der Waals surface area contributed by atoms with E-state index in [1.54, 1.807) is 0 Å². The van der Waals surface area contributed by atoms with E-state index in [-0.39, 0.29) is 16.9 Å². The second kappa shape index (κ2) is 4.84. The van der Waals surface area contributed by atoms with Gasteiger partial charge in [-0.15, -0.1) is 0 Å². The number of phenolic OH excluding ortho intramolecular Hbond substituents is 2. The lowest BCUT2D eigenvalue weighted by Crippen LogP contribution is -1.99. The highest BCUT2D eigenvalue weighted by atomic mass is 16.6.